The van der Waals surface area contributed by atoms with E-state index >= 15 is 0 Å². The number of hydrogen-bond acceptors (Lipinski definition) is 3. The van der Waals surface area contributed by atoms with E-state index in [4.69, 9.17) is 4.74 Å². The molecule has 0 aromatic carbocycles. The molecule has 0 atom stereocenters. The summed E-state index contributed by atoms with van der Waals surface area (Å²) < 4.78 is 6.13. The van der Waals surface area contributed by atoms with Crippen molar-refractivity contribution in [3.63, 3.8) is 0 Å². The van der Waals surface area contributed by atoms with Crippen LogP contribution in [0.2, 0.25) is 0 Å². The maximum atomic E-state index is 12.3. The third-order valence-corrected chi connectivity index (χ3v) is 4.67. The number of nitrogens with one attached hydrogen (secondary N) is 2. The molecule has 1 amide bonds. The zero-order chi connectivity index (χ0) is 14.3. The minimum Gasteiger partial charge on any atom is -0.373 e. The summed E-state index contributed by atoms with van der Waals surface area (Å²) in [4.78, 5) is 12.3. The summed E-state index contributed by atoms with van der Waals surface area (Å²) in [6.45, 7) is 5.59. The van der Waals surface area contributed by atoms with Crippen LogP contribution in [0.3, 0.4) is 0 Å². The molecule has 2 fully saturated rings. The Morgan fingerprint density at radius 3 is 2.52 bits per heavy atom. The van der Waals surface area contributed by atoms with Crippen LogP contribution in [0.4, 0.5) is 0 Å². The Hall–Kier alpha value is -0.320. The van der Waals surface area contributed by atoms with Gasteiger partial charge in [0.15, 0.2) is 0 Å². The summed E-state index contributed by atoms with van der Waals surface area (Å²) in [6.07, 6.45) is 8.94. The number of amides is 1. The van der Waals surface area contributed by atoms with Crippen LogP contribution in [0.1, 0.15) is 58.3 Å². The van der Waals surface area contributed by atoms with Crippen LogP contribution in [0.15, 0.2) is 0 Å². The molecule has 0 bridgehead atoms. The molecule has 0 unspecified atom stereocenters. The van der Waals surface area contributed by atoms with Gasteiger partial charge in [-0.25, -0.2) is 0 Å². The lowest BCUT2D eigenvalue weighted by Gasteiger charge is -2.38. The number of rotatable bonds is 6. The number of carbonyl (C=O) groups is 1. The maximum Gasteiger partial charge on any atom is 0.223 e. The van der Waals surface area contributed by atoms with Gasteiger partial charge in [0.25, 0.3) is 0 Å². The zero-order valence-corrected chi connectivity index (χ0v) is 14.1. The lowest BCUT2D eigenvalue weighted by atomic mass is 9.84. The van der Waals surface area contributed by atoms with Gasteiger partial charge in [-0.3, -0.25) is 4.79 Å². The Labute approximate surface area is 135 Å². The number of piperidine rings is 1. The molecule has 2 N–H and O–H groups in total. The van der Waals surface area contributed by atoms with Gasteiger partial charge in [-0.1, -0.05) is 26.2 Å². The van der Waals surface area contributed by atoms with Crippen molar-refractivity contribution in [1.82, 2.24) is 10.6 Å². The van der Waals surface area contributed by atoms with Crippen LogP contribution in [0.5, 0.6) is 0 Å². The fourth-order valence-electron chi connectivity index (χ4n) is 3.36. The quantitative estimate of drug-likeness (QED) is 0.791. The lowest BCUT2D eigenvalue weighted by Crippen LogP contribution is -2.48. The second kappa shape index (κ2) is 9.65. The van der Waals surface area contributed by atoms with Crippen molar-refractivity contribution in [3.8, 4) is 0 Å². The lowest BCUT2D eigenvalue weighted by molar-refractivity contribution is -0.129. The second-order valence-electron chi connectivity index (χ2n) is 6.33. The highest BCUT2D eigenvalue weighted by Crippen LogP contribution is 2.31. The Bertz CT molecular complexity index is 301. The maximum absolute atomic E-state index is 12.3. The first-order valence-electron chi connectivity index (χ1n) is 8.38. The van der Waals surface area contributed by atoms with Crippen molar-refractivity contribution in [2.75, 3.05) is 26.2 Å². The largest absolute Gasteiger partial charge is 0.373 e. The fourth-order valence-corrected chi connectivity index (χ4v) is 3.36. The summed E-state index contributed by atoms with van der Waals surface area (Å²) in [5.74, 6) is 0.430. The Morgan fingerprint density at radius 2 is 1.90 bits per heavy atom. The smallest absolute Gasteiger partial charge is 0.223 e. The van der Waals surface area contributed by atoms with Gasteiger partial charge in [-0.05, 0) is 45.2 Å². The van der Waals surface area contributed by atoms with Crippen molar-refractivity contribution >= 4 is 18.3 Å². The summed E-state index contributed by atoms with van der Waals surface area (Å²) in [6, 6.07) is 0. The average Bonchev–Trinajstić information content (AvgIpc) is 2.52. The molecule has 21 heavy (non-hydrogen) atoms. The molecule has 1 heterocycles. The first kappa shape index (κ1) is 18.7. The molecule has 4 nitrogen and oxygen atoms in total. The average molecular weight is 319 g/mol. The van der Waals surface area contributed by atoms with Crippen LogP contribution in [-0.2, 0) is 9.53 Å². The molecule has 2 aliphatic rings. The van der Waals surface area contributed by atoms with Crippen LogP contribution < -0.4 is 10.6 Å². The van der Waals surface area contributed by atoms with Crippen molar-refractivity contribution in [2.24, 2.45) is 5.92 Å². The second-order valence-corrected chi connectivity index (χ2v) is 6.33. The molecule has 0 aromatic rings. The normalized spacial score (nSPS) is 22.3. The molecule has 1 saturated heterocycles. The van der Waals surface area contributed by atoms with Gasteiger partial charge in [0.05, 0.1) is 5.60 Å². The first-order chi connectivity index (χ1) is 9.76. The molecule has 0 aromatic heterocycles. The predicted molar refractivity (Wildman–Crippen MR) is 87.9 cm³/mol. The van der Waals surface area contributed by atoms with Gasteiger partial charge in [0.2, 0.25) is 5.91 Å². The van der Waals surface area contributed by atoms with Gasteiger partial charge in [0.1, 0.15) is 0 Å². The third-order valence-electron chi connectivity index (χ3n) is 4.67. The van der Waals surface area contributed by atoms with Crippen molar-refractivity contribution < 1.29 is 9.53 Å². The monoisotopic (exact) mass is 318 g/mol. The highest BCUT2D eigenvalue weighted by molar-refractivity contribution is 5.85. The van der Waals surface area contributed by atoms with Gasteiger partial charge >= 0.3 is 0 Å². The highest BCUT2D eigenvalue weighted by atomic mass is 35.5. The van der Waals surface area contributed by atoms with Crippen LogP contribution >= 0.6 is 12.4 Å². The summed E-state index contributed by atoms with van der Waals surface area (Å²) in [5.41, 5.74) is -0.0865. The van der Waals surface area contributed by atoms with E-state index in [1.165, 1.54) is 19.3 Å². The fraction of sp³-hybridized carbons (Fsp3) is 0.938. The third kappa shape index (κ3) is 5.76. The summed E-state index contributed by atoms with van der Waals surface area (Å²) in [5, 5.41) is 6.49. The number of carbonyl (C=O) groups excluding carboxylic acids is 1. The van der Waals surface area contributed by atoms with E-state index in [1.807, 2.05) is 0 Å². The van der Waals surface area contributed by atoms with E-state index in [0.717, 1.165) is 51.8 Å². The molecule has 5 heteroatoms. The summed E-state index contributed by atoms with van der Waals surface area (Å²) in [7, 11) is 0. The molecule has 1 saturated carbocycles. The standard InChI is InChI=1S/C16H30N2O2.ClH/c1-2-12-20-16(8-4-3-5-9-16)13-18-15(19)14-6-10-17-11-7-14;/h14,17H,2-13H2,1H3,(H,18,19);1H. The van der Waals surface area contributed by atoms with Crippen LogP contribution in [0, 0.1) is 5.92 Å². The first-order valence-corrected chi connectivity index (χ1v) is 8.38. The van der Waals surface area contributed by atoms with Gasteiger partial charge < -0.3 is 15.4 Å². The van der Waals surface area contributed by atoms with Gasteiger partial charge in [-0.15, -0.1) is 12.4 Å². The Kier molecular flexibility index (Phi) is 8.60. The molecular weight excluding hydrogens is 288 g/mol. The molecule has 2 rings (SSSR count). The zero-order valence-electron chi connectivity index (χ0n) is 13.3. The molecule has 124 valence electrons. The number of ether oxygens (including phenoxy) is 1. The van der Waals surface area contributed by atoms with E-state index < -0.39 is 0 Å². The van der Waals surface area contributed by atoms with Crippen LogP contribution in [0.25, 0.3) is 0 Å². The Morgan fingerprint density at radius 1 is 1.24 bits per heavy atom. The molecule has 0 spiro atoms. The van der Waals surface area contributed by atoms with Gasteiger partial charge in [0, 0.05) is 19.1 Å². The van der Waals surface area contributed by atoms with Gasteiger partial charge in [-0.2, -0.15) is 0 Å². The molecule has 1 aliphatic carbocycles. The summed E-state index contributed by atoms with van der Waals surface area (Å²) >= 11 is 0. The van der Waals surface area contributed by atoms with E-state index in [-0.39, 0.29) is 29.8 Å². The molecule has 0 radical (unpaired) electrons. The molecular formula is C16H31ClN2O2. The predicted octanol–water partition coefficient (Wildman–Crippen LogP) is 2.65. The van der Waals surface area contributed by atoms with Crippen molar-refractivity contribution in [2.45, 2.75) is 63.9 Å². The van der Waals surface area contributed by atoms with Crippen molar-refractivity contribution in [3.05, 3.63) is 0 Å². The van der Waals surface area contributed by atoms with E-state index in [2.05, 4.69) is 17.6 Å². The van der Waals surface area contributed by atoms with E-state index in [1.54, 1.807) is 0 Å². The van der Waals surface area contributed by atoms with E-state index in [0.29, 0.717) is 6.54 Å². The van der Waals surface area contributed by atoms with Crippen LogP contribution in [-0.4, -0.2) is 37.7 Å². The Balaban J connectivity index is 0.00000220. The van der Waals surface area contributed by atoms with E-state index in [9.17, 15) is 4.79 Å². The minimum absolute atomic E-state index is 0. The van der Waals surface area contributed by atoms with Crippen molar-refractivity contribution in [1.29, 1.82) is 0 Å². The molecule has 1 aliphatic heterocycles. The SMILES string of the molecule is CCCOC1(CNC(=O)C2CCNCC2)CCCCC1.Cl. The highest BCUT2D eigenvalue weighted by Gasteiger charge is 2.34. The minimum atomic E-state index is -0.0865. The topological polar surface area (TPSA) is 50.4 Å². The number of halogens is 1. The number of hydrogen-bond donors (Lipinski definition) is 2.